The number of benzene rings is 2. The van der Waals surface area contributed by atoms with Gasteiger partial charge in [0, 0.05) is 48.9 Å². The van der Waals surface area contributed by atoms with Gasteiger partial charge in [-0.1, -0.05) is 37.6 Å². The SMILES string of the molecule is CCOP(OCC)C(=O)c1ccc2[nH]c(C(=O)NC3CN(C(C)=O)CC[C@H]4CCC(C(=O)NC(CCC(N)=O)COc5cccc(C(C)C)c5Cl)N4C3=O)cc2c1. The Hall–Kier alpha value is -4.56. The first-order valence-corrected chi connectivity index (χ1v) is 20.9. The zero-order chi connectivity index (χ0) is 41.4. The molecule has 15 nitrogen and oxygen atoms in total. The average molecular weight is 827 g/mol. The molecule has 1 aromatic heterocycles. The van der Waals surface area contributed by atoms with E-state index in [1.54, 1.807) is 44.2 Å². The number of aromatic amines is 1. The van der Waals surface area contributed by atoms with Crippen LogP contribution in [0.1, 0.15) is 99.1 Å². The maximum absolute atomic E-state index is 14.5. The zero-order valence-electron chi connectivity index (χ0n) is 33.0. The van der Waals surface area contributed by atoms with Crippen LogP contribution in [0.5, 0.6) is 5.75 Å². The number of carbonyl (C=O) groups excluding carboxylic acids is 6. The lowest BCUT2D eigenvalue weighted by Gasteiger charge is -2.38. The van der Waals surface area contributed by atoms with Gasteiger partial charge in [0.2, 0.25) is 37.5 Å². The summed E-state index contributed by atoms with van der Waals surface area (Å²) in [5.41, 5.74) is 7.17. The third-order valence-corrected chi connectivity index (χ3v) is 12.1. The smallest absolute Gasteiger partial charge is 0.268 e. The molecule has 57 heavy (non-hydrogen) atoms. The molecule has 5 amide bonds. The summed E-state index contributed by atoms with van der Waals surface area (Å²) in [4.78, 5) is 85.9. The maximum atomic E-state index is 14.5. The molecule has 2 fully saturated rings. The third-order valence-electron chi connectivity index (χ3n) is 10.2. The van der Waals surface area contributed by atoms with Crippen molar-refractivity contribution in [3.05, 3.63) is 64.3 Å². The Morgan fingerprint density at radius 2 is 1.77 bits per heavy atom. The number of aromatic nitrogens is 1. The van der Waals surface area contributed by atoms with Gasteiger partial charge in [-0.05, 0) is 81.3 Å². The molecule has 2 aliphatic heterocycles. The lowest BCUT2D eigenvalue weighted by Crippen LogP contribution is -2.61. The molecular formula is C40H52ClN6O9P. The first-order chi connectivity index (χ1) is 27.2. The van der Waals surface area contributed by atoms with Gasteiger partial charge in [0.15, 0.2) is 0 Å². The van der Waals surface area contributed by atoms with Gasteiger partial charge in [-0.25, -0.2) is 0 Å². The highest BCUT2D eigenvalue weighted by atomic mass is 35.5. The number of hydrogen-bond donors (Lipinski definition) is 4. The van der Waals surface area contributed by atoms with Gasteiger partial charge in [-0.3, -0.25) is 28.8 Å². The number of halogens is 1. The highest BCUT2D eigenvalue weighted by Gasteiger charge is 2.45. The summed E-state index contributed by atoms with van der Waals surface area (Å²) < 4.78 is 17.1. The number of nitrogens with two attached hydrogens (primary N) is 1. The van der Waals surface area contributed by atoms with Crippen molar-refractivity contribution in [2.24, 2.45) is 5.73 Å². The van der Waals surface area contributed by atoms with Gasteiger partial charge in [-0.2, -0.15) is 0 Å². The average Bonchev–Trinajstić information content (AvgIpc) is 3.80. The van der Waals surface area contributed by atoms with Crippen LogP contribution in [-0.4, -0.2) is 107 Å². The van der Waals surface area contributed by atoms with Crippen LogP contribution < -0.4 is 21.1 Å². The van der Waals surface area contributed by atoms with Crippen molar-refractivity contribution in [2.45, 2.75) is 96.8 Å². The lowest BCUT2D eigenvalue weighted by molar-refractivity contribution is -0.145. The highest BCUT2D eigenvalue weighted by Crippen LogP contribution is 2.42. The van der Waals surface area contributed by atoms with E-state index in [1.807, 2.05) is 26.0 Å². The van der Waals surface area contributed by atoms with Crippen molar-refractivity contribution in [1.29, 1.82) is 0 Å². The van der Waals surface area contributed by atoms with Crippen molar-refractivity contribution in [2.75, 3.05) is 32.9 Å². The fraction of sp³-hybridized carbons (Fsp3) is 0.500. The molecule has 0 saturated carbocycles. The van der Waals surface area contributed by atoms with Gasteiger partial charge in [0.25, 0.3) is 5.91 Å². The fourth-order valence-electron chi connectivity index (χ4n) is 7.23. The van der Waals surface area contributed by atoms with Gasteiger partial charge in [0.1, 0.15) is 30.1 Å². The van der Waals surface area contributed by atoms with Crippen molar-refractivity contribution >= 4 is 65.9 Å². The molecule has 3 heterocycles. The van der Waals surface area contributed by atoms with Crippen LogP contribution in [0, 0.1) is 0 Å². The minimum absolute atomic E-state index is 0.00267. The Labute approximate surface area is 338 Å². The van der Waals surface area contributed by atoms with E-state index >= 15 is 0 Å². The summed E-state index contributed by atoms with van der Waals surface area (Å²) in [7, 11) is -1.79. The topological polar surface area (TPSA) is 202 Å². The van der Waals surface area contributed by atoms with E-state index < -0.39 is 50.1 Å². The molecule has 0 aliphatic carbocycles. The van der Waals surface area contributed by atoms with E-state index in [2.05, 4.69) is 15.6 Å². The minimum Gasteiger partial charge on any atom is -0.490 e. The standard InChI is InChI=1S/C40H52ClN6O9P/c1-6-55-57(56-7-2)40(53)25-11-14-30-26(19-25)20-31(44-30)37(50)45-32-21-46(24(5)48)18-17-28-13-15-33(47(28)39(32)52)38(51)43-27(12-16-35(42)49)22-54-34-10-8-9-29(23(3)4)36(34)41/h8-11,14,19-20,23,27-28,32-33,44H,6-7,12-13,15-18,21-22H2,1-5H3,(H2,42,49)(H,43,51)(H,45,50)/t27?,28-,32?,33?/m1/s1. The maximum Gasteiger partial charge on any atom is 0.268 e. The Balaban J connectivity index is 1.34. The van der Waals surface area contributed by atoms with Crippen LogP contribution >= 0.6 is 20.0 Å². The molecule has 0 radical (unpaired) electrons. The zero-order valence-corrected chi connectivity index (χ0v) is 34.6. The molecule has 3 unspecified atom stereocenters. The summed E-state index contributed by atoms with van der Waals surface area (Å²) in [5.74, 6) is -1.72. The summed E-state index contributed by atoms with van der Waals surface area (Å²) in [6, 6.07) is 8.96. The van der Waals surface area contributed by atoms with Gasteiger partial charge in [0.05, 0.1) is 24.3 Å². The molecule has 4 atom stereocenters. The summed E-state index contributed by atoms with van der Waals surface area (Å²) in [6.07, 6.45) is 1.50. The molecular weight excluding hydrogens is 775 g/mol. The van der Waals surface area contributed by atoms with Crippen LogP contribution in [-0.2, 0) is 28.2 Å². The normalized spacial score (nSPS) is 18.9. The fourth-order valence-corrected chi connectivity index (χ4v) is 8.76. The van der Waals surface area contributed by atoms with Crippen LogP contribution in [0.2, 0.25) is 5.02 Å². The predicted octanol–water partition coefficient (Wildman–Crippen LogP) is 5.01. The molecule has 2 aliphatic rings. The van der Waals surface area contributed by atoms with Crippen molar-refractivity contribution in [3.8, 4) is 5.75 Å². The number of ether oxygens (including phenoxy) is 1. The number of primary amides is 1. The number of nitrogens with one attached hydrogen (secondary N) is 3. The molecule has 2 aromatic carbocycles. The molecule has 5 rings (SSSR count). The largest absolute Gasteiger partial charge is 0.490 e. The monoisotopic (exact) mass is 826 g/mol. The number of amides is 5. The van der Waals surface area contributed by atoms with Crippen LogP contribution in [0.15, 0.2) is 42.5 Å². The number of H-pyrrole nitrogens is 1. The highest BCUT2D eigenvalue weighted by molar-refractivity contribution is 7.66. The van der Waals surface area contributed by atoms with E-state index in [1.165, 1.54) is 16.7 Å². The Kier molecular flexibility index (Phi) is 15.1. The van der Waals surface area contributed by atoms with Crippen molar-refractivity contribution < 1.29 is 42.6 Å². The molecule has 3 aromatic rings. The minimum atomic E-state index is -1.79. The lowest BCUT2D eigenvalue weighted by atomic mass is 10.0. The van der Waals surface area contributed by atoms with Crippen molar-refractivity contribution in [3.63, 3.8) is 0 Å². The summed E-state index contributed by atoms with van der Waals surface area (Å²) in [5, 5.41) is 6.85. The van der Waals surface area contributed by atoms with E-state index in [9.17, 15) is 28.8 Å². The Morgan fingerprint density at radius 3 is 2.44 bits per heavy atom. The Morgan fingerprint density at radius 1 is 1.04 bits per heavy atom. The van der Waals surface area contributed by atoms with Gasteiger partial charge in [-0.15, -0.1) is 0 Å². The second kappa shape index (κ2) is 19.7. The second-order valence-corrected chi connectivity index (χ2v) is 16.3. The third kappa shape index (κ3) is 10.7. The first-order valence-electron chi connectivity index (χ1n) is 19.3. The molecule has 0 bridgehead atoms. The van der Waals surface area contributed by atoms with Gasteiger partial charge < -0.3 is 44.9 Å². The number of rotatable bonds is 17. The number of nitrogens with zero attached hydrogens (tertiary/aromatic N) is 2. The first kappa shape index (κ1) is 43.6. The molecule has 2 saturated heterocycles. The molecule has 5 N–H and O–H groups in total. The van der Waals surface area contributed by atoms with Crippen LogP contribution in [0.4, 0.5) is 0 Å². The predicted molar refractivity (Wildman–Crippen MR) is 216 cm³/mol. The molecule has 17 heteroatoms. The van der Waals surface area contributed by atoms with E-state index in [0.29, 0.717) is 66.3 Å². The second-order valence-electron chi connectivity index (χ2n) is 14.5. The van der Waals surface area contributed by atoms with Crippen molar-refractivity contribution in [1.82, 2.24) is 25.4 Å². The van der Waals surface area contributed by atoms with Crippen LogP contribution in [0.25, 0.3) is 10.9 Å². The number of fused-ring (bicyclic) bond motifs is 2. The summed E-state index contributed by atoms with van der Waals surface area (Å²) >= 11 is 6.62. The molecule has 308 valence electrons. The van der Waals surface area contributed by atoms with Crippen LogP contribution in [0.3, 0.4) is 0 Å². The molecule has 0 spiro atoms. The number of hydrogen-bond acceptors (Lipinski definition) is 9. The van der Waals surface area contributed by atoms with E-state index in [4.69, 9.17) is 31.1 Å². The van der Waals surface area contributed by atoms with Gasteiger partial charge >= 0.3 is 0 Å². The summed E-state index contributed by atoms with van der Waals surface area (Å²) in [6.45, 7) is 9.86. The Bertz CT molecular complexity index is 1970. The van der Waals surface area contributed by atoms with E-state index in [-0.39, 0.29) is 55.1 Å². The quantitative estimate of drug-likeness (QED) is 0.135. The number of carbonyl (C=O) groups is 6. The van der Waals surface area contributed by atoms with E-state index in [0.717, 1.165) is 5.56 Å².